The summed E-state index contributed by atoms with van der Waals surface area (Å²) in [6.07, 6.45) is 1.35. The Morgan fingerprint density at radius 2 is 2.00 bits per heavy atom. The molecule has 0 aliphatic heterocycles. The second kappa shape index (κ2) is 7.43. The second-order valence-electron chi connectivity index (χ2n) is 5.10. The molecule has 112 valence electrons. The Bertz CT molecular complexity index is 603. The molecular weight excluding hydrogens is 289 g/mol. The van der Waals surface area contributed by atoms with Crippen molar-refractivity contribution < 1.29 is 9.13 Å². The van der Waals surface area contributed by atoms with Crippen molar-refractivity contribution in [2.75, 3.05) is 13.7 Å². The summed E-state index contributed by atoms with van der Waals surface area (Å²) in [6.45, 7) is 0.489. The van der Waals surface area contributed by atoms with Gasteiger partial charge in [0.15, 0.2) is 0 Å². The number of benzene rings is 2. The summed E-state index contributed by atoms with van der Waals surface area (Å²) in [5.74, 6) is 0.741. The van der Waals surface area contributed by atoms with Crippen molar-refractivity contribution in [1.29, 1.82) is 0 Å². The summed E-state index contributed by atoms with van der Waals surface area (Å²) in [5, 5.41) is 0.545. The van der Waals surface area contributed by atoms with E-state index in [1.807, 2.05) is 24.3 Å². The fourth-order valence-electron chi connectivity index (χ4n) is 2.38. The fraction of sp³-hybridized carbons (Fsp3) is 0.294. The number of rotatable bonds is 6. The molecule has 4 heteroatoms. The zero-order valence-electron chi connectivity index (χ0n) is 12.0. The lowest BCUT2D eigenvalue weighted by Crippen LogP contribution is -2.20. The second-order valence-corrected chi connectivity index (χ2v) is 5.53. The van der Waals surface area contributed by atoms with E-state index in [2.05, 4.69) is 0 Å². The Balaban J connectivity index is 2.10. The molecule has 0 saturated heterocycles. The summed E-state index contributed by atoms with van der Waals surface area (Å²) in [5.41, 5.74) is 7.58. The molecule has 2 nitrogen and oxygen atoms in total. The monoisotopic (exact) mass is 307 g/mol. The molecule has 2 aromatic carbocycles. The molecule has 0 spiro atoms. The topological polar surface area (TPSA) is 35.2 Å². The Labute approximate surface area is 129 Å². The molecule has 21 heavy (non-hydrogen) atoms. The molecule has 0 heterocycles. The largest absolute Gasteiger partial charge is 0.497 e. The number of hydrogen-bond donors (Lipinski definition) is 1. The standard InChI is InChI=1S/C17H19ClFNO/c1-21-16-4-2-3-12(9-16)7-13(11-20)8-14-10-15(18)5-6-17(14)19/h2-6,9-10,13H,7-8,11,20H2,1H3. The molecule has 0 fully saturated rings. The van der Waals surface area contributed by atoms with Crippen LogP contribution in [0, 0.1) is 11.7 Å². The maximum absolute atomic E-state index is 13.8. The van der Waals surface area contributed by atoms with E-state index in [0.29, 0.717) is 23.6 Å². The fourth-order valence-corrected chi connectivity index (χ4v) is 2.58. The van der Waals surface area contributed by atoms with E-state index in [0.717, 1.165) is 17.7 Å². The maximum atomic E-state index is 13.8. The van der Waals surface area contributed by atoms with Crippen LogP contribution in [-0.4, -0.2) is 13.7 Å². The SMILES string of the molecule is COc1cccc(CC(CN)Cc2cc(Cl)ccc2F)c1. The van der Waals surface area contributed by atoms with Gasteiger partial charge in [0.1, 0.15) is 11.6 Å². The van der Waals surface area contributed by atoms with Gasteiger partial charge in [0.05, 0.1) is 7.11 Å². The van der Waals surface area contributed by atoms with E-state index in [1.54, 1.807) is 19.2 Å². The molecule has 2 rings (SSSR count). The van der Waals surface area contributed by atoms with Gasteiger partial charge in [-0.05, 0) is 66.8 Å². The third-order valence-electron chi connectivity index (χ3n) is 3.51. The van der Waals surface area contributed by atoms with Gasteiger partial charge in [0.25, 0.3) is 0 Å². The zero-order chi connectivity index (χ0) is 15.2. The number of halogens is 2. The molecule has 0 aliphatic carbocycles. The van der Waals surface area contributed by atoms with Crippen LogP contribution in [0.25, 0.3) is 0 Å². The van der Waals surface area contributed by atoms with Crippen molar-refractivity contribution in [3.63, 3.8) is 0 Å². The van der Waals surface area contributed by atoms with Gasteiger partial charge in [-0.25, -0.2) is 4.39 Å². The van der Waals surface area contributed by atoms with Gasteiger partial charge >= 0.3 is 0 Å². The Morgan fingerprint density at radius 1 is 1.19 bits per heavy atom. The molecule has 0 aromatic heterocycles. The lowest BCUT2D eigenvalue weighted by atomic mass is 9.92. The molecule has 1 atom stereocenters. The van der Waals surface area contributed by atoms with E-state index in [1.165, 1.54) is 6.07 Å². The predicted molar refractivity (Wildman–Crippen MR) is 84.4 cm³/mol. The Hall–Kier alpha value is -1.58. The van der Waals surface area contributed by atoms with Crippen LogP contribution in [0.1, 0.15) is 11.1 Å². The highest BCUT2D eigenvalue weighted by molar-refractivity contribution is 6.30. The van der Waals surface area contributed by atoms with E-state index in [4.69, 9.17) is 22.1 Å². The maximum Gasteiger partial charge on any atom is 0.126 e. The van der Waals surface area contributed by atoms with Crippen LogP contribution in [0.4, 0.5) is 4.39 Å². The first-order valence-corrected chi connectivity index (χ1v) is 7.27. The Morgan fingerprint density at radius 3 is 2.71 bits per heavy atom. The summed E-state index contributed by atoms with van der Waals surface area (Å²) < 4.78 is 19.0. The highest BCUT2D eigenvalue weighted by Crippen LogP contribution is 2.21. The molecular formula is C17H19ClFNO. The molecule has 1 unspecified atom stereocenters. The van der Waals surface area contributed by atoms with Gasteiger partial charge in [-0.3, -0.25) is 0 Å². The minimum atomic E-state index is -0.233. The van der Waals surface area contributed by atoms with Crippen LogP contribution >= 0.6 is 11.6 Å². The number of nitrogens with two attached hydrogens (primary N) is 1. The Kier molecular flexibility index (Phi) is 5.59. The first-order valence-electron chi connectivity index (χ1n) is 6.89. The minimum absolute atomic E-state index is 0.157. The average molecular weight is 308 g/mol. The minimum Gasteiger partial charge on any atom is -0.497 e. The van der Waals surface area contributed by atoms with E-state index in [9.17, 15) is 4.39 Å². The van der Waals surface area contributed by atoms with Crippen LogP contribution < -0.4 is 10.5 Å². The number of hydrogen-bond acceptors (Lipinski definition) is 2. The van der Waals surface area contributed by atoms with Gasteiger partial charge in [0.2, 0.25) is 0 Å². The lowest BCUT2D eigenvalue weighted by molar-refractivity contribution is 0.413. The zero-order valence-corrected chi connectivity index (χ0v) is 12.7. The van der Waals surface area contributed by atoms with Crippen LogP contribution in [0.2, 0.25) is 5.02 Å². The van der Waals surface area contributed by atoms with Crippen molar-refractivity contribution >= 4 is 11.6 Å². The van der Waals surface area contributed by atoms with Crippen molar-refractivity contribution in [2.45, 2.75) is 12.8 Å². The normalized spacial score (nSPS) is 12.2. The quantitative estimate of drug-likeness (QED) is 0.880. The first kappa shape index (κ1) is 15.8. The van der Waals surface area contributed by atoms with Crippen molar-refractivity contribution in [2.24, 2.45) is 11.7 Å². The van der Waals surface area contributed by atoms with Crippen LogP contribution in [-0.2, 0) is 12.8 Å². The number of methoxy groups -OCH3 is 1. The van der Waals surface area contributed by atoms with Gasteiger partial charge in [0, 0.05) is 5.02 Å². The van der Waals surface area contributed by atoms with Crippen LogP contribution in [0.5, 0.6) is 5.75 Å². The third-order valence-corrected chi connectivity index (χ3v) is 3.74. The predicted octanol–water partition coefficient (Wildman–Crippen LogP) is 3.85. The molecule has 2 N–H and O–H groups in total. The highest BCUT2D eigenvalue weighted by atomic mass is 35.5. The summed E-state index contributed by atoms with van der Waals surface area (Å²) >= 11 is 5.93. The summed E-state index contributed by atoms with van der Waals surface area (Å²) in [7, 11) is 1.64. The molecule has 0 aliphatic rings. The van der Waals surface area contributed by atoms with Gasteiger partial charge in [-0.1, -0.05) is 23.7 Å². The lowest BCUT2D eigenvalue weighted by Gasteiger charge is -2.16. The molecule has 0 bridgehead atoms. The van der Waals surface area contributed by atoms with Gasteiger partial charge in [-0.2, -0.15) is 0 Å². The van der Waals surface area contributed by atoms with Crippen LogP contribution in [0.3, 0.4) is 0 Å². The van der Waals surface area contributed by atoms with Crippen molar-refractivity contribution in [3.05, 3.63) is 64.4 Å². The van der Waals surface area contributed by atoms with Gasteiger partial charge in [-0.15, -0.1) is 0 Å². The molecule has 2 aromatic rings. The van der Waals surface area contributed by atoms with Crippen molar-refractivity contribution in [3.8, 4) is 5.75 Å². The number of ether oxygens (including phenoxy) is 1. The molecule has 0 saturated carbocycles. The molecule has 0 amide bonds. The van der Waals surface area contributed by atoms with Crippen molar-refractivity contribution in [1.82, 2.24) is 0 Å². The first-order chi connectivity index (χ1) is 10.1. The van der Waals surface area contributed by atoms with E-state index in [-0.39, 0.29) is 11.7 Å². The van der Waals surface area contributed by atoms with Gasteiger partial charge < -0.3 is 10.5 Å². The third kappa shape index (κ3) is 4.45. The summed E-state index contributed by atoms with van der Waals surface area (Å²) in [4.78, 5) is 0. The molecule has 0 radical (unpaired) electrons. The van der Waals surface area contributed by atoms with Crippen LogP contribution in [0.15, 0.2) is 42.5 Å². The van der Waals surface area contributed by atoms with E-state index >= 15 is 0 Å². The summed E-state index contributed by atoms with van der Waals surface area (Å²) in [6, 6.07) is 12.5. The smallest absolute Gasteiger partial charge is 0.126 e. The van der Waals surface area contributed by atoms with E-state index < -0.39 is 0 Å². The average Bonchev–Trinajstić information content (AvgIpc) is 2.50. The highest BCUT2D eigenvalue weighted by Gasteiger charge is 2.13.